The fourth-order valence-electron chi connectivity index (χ4n) is 0.338. The molecule has 0 aliphatic rings. The van der Waals surface area contributed by atoms with E-state index in [2.05, 4.69) is 13.6 Å². The number of phosphoric ester groups is 1. The van der Waals surface area contributed by atoms with Crippen molar-refractivity contribution < 1.29 is 18.1 Å². The summed E-state index contributed by atoms with van der Waals surface area (Å²) in [5.74, 6) is 0. The Morgan fingerprint density at radius 2 is 1.70 bits per heavy atom. The van der Waals surface area contributed by atoms with Crippen LogP contribution in [0.25, 0.3) is 0 Å². The summed E-state index contributed by atoms with van der Waals surface area (Å²) >= 11 is 0. The molecular formula is C4H11NaO4P. The van der Waals surface area contributed by atoms with E-state index in [1.165, 1.54) is 14.2 Å². The summed E-state index contributed by atoms with van der Waals surface area (Å²) < 4.78 is 24.4. The largest absolute Gasteiger partial charge is 0.474 e. The molecule has 0 aliphatic heterocycles. The van der Waals surface area contributed by atoms with Crippen molar-refractivity contribution in [1.29, 1.82) is 0 Å². The second kappa shape index (κ2) is 6.80. The molecule has 0 aromatic rings. The fourth-order valence-corrected chi connectivity index (χ4v) is 1.01. The van der Waals surface area contributed by atoms with Crippen LogP contribution in [0.1, 0.15) is 6.92 Å². The van der Waals surface area contributed by atoms with Crippen LogP contribution >= 0.6 is 7.82 Å². The van der Waals surface area contributed by atoms with Gasteiger partial charge in [-0.15, -0.1) is 0 Å². The summed E-state index contributed by atoms with van der Waals surface area (Å²) in [6.45, 7) is 2.03. The molecule has 6 heteroatoms. The van der Waals surface area contributed by atoms with Crippen LogP contribution in [0.2, 0.25) is 0 Å². The number of hydrogen-bond acceptors (Lipinski definition) is 4. The molecule has 0 rings (SSSR count). The number of phosphoric acid groups is 1. The van der Waals surface area contributed by atoms with Crippen LogP contribution in [0.15, 0.2) is 0 Å². The van der Waals surface area contributed by atoms with Crippen molar-refractivity contribution >= 4 is 37.4 Å². The summed E-state index contributed by atoms with van der Waals surface area (Å²) in [5, 5.41) is 0. The van der Waals surface area contributed by atoms with Gasteiger partial charge in [-0.05, 0) is 6.92 Å². The van der Waals surface area contributed by atoms with Gasteiger partial charge in [0.1, 0.15) is 0 Å². The van der Waals surface area contributed by atoms with Crippen molar-refractivity contribution in [2.45, 2.75) is 6.92 Å². The third-order valence-corrected chi connectivity index (χ3v) is 2.20. The maximum Gasteiger partial charge on any atom is 0.474 e. The number of hydrogen-bond donors (Lipinski definition) is 0. The molecule has 1 radical (unpaired) electrons. The van der Waals surface area contributed by atoms with Crippen LogP contribution in [0.5, 0.6) is 0 Å². The van der Waals surface area contributed by atoms with E-state index in [1.54, 1.807) is 6.92 Å². The van der Waals surface area contributed by atoms with Crippen LogP contribution in [-0.2, 0) is 18.1 Å². The molecule has 0 spiro atoms. The zero-order chi connectivity index (χ0) is 7.33. The second-order valence-electron chi connectivity index (χ2n) is 1.23. The molecule has 57 valence electrons. The molecule has 0 amide bonds. The first-order valence-electron chi connectivity index (χ1n) is 2.54. The van der Waals surface area contributed by atoms with Gasteiger partial charge in [0.25, 0.3) is 0 Å². The SMILES string of the molecule is CCOP(=O)(OC)OC.[Na]. The van der Waals surface area contributed by atoms with Gasteiger partial charge < -0.3 is 0 Å². The normalized spacial score (nSPS) is 10.7. The molecule has 0 saturated carbocycles. The third kappa shape index (κ3) is 4.85. The van der Waals surface area contributed by atoms with Gasteiger partial charge in [-0.3, -0.25) is 13.6 Å². The number of rotatable bonds is 4. The van der Waals surface area contributed by atoms with E-state index < -0.39 is 7.82 Å². The van der Waals surface area contributed by atoms with Crippen molar-refractivity contribution in [2.24, 2.45) is 0 Å². The molecular weight excluding hydrogens is 166 g/mol. The molecule has 0 aliphatic carbocycles. The Balaban J connectivity index is 0. The van der Waals surface area contributed by atoms with Gasteiger partial charge in [0.2, 0.25) is 0 Å². The van der Waals surface area contributed by atoms with E-state index in [0.29, 0.717) is 6.61 Å². The van der Waals surface area contributed by atoms with Crippen molar-refractivity contribution in [1.82, 2.24) is 0 Å². The Morgan fingerprint density at radius 1 is 1.30 bits per heavy atom. The molecule has 0 heterocycles. The van der Waals surface area contributed by atoms with Gasteiger partial charge in [0, 0.05) is 43.8 Å². The molecule has 0 bridgehead atoms. The van der Waals surface area contributed by atoms with Crippen LogP contribution < -0.4 is 0 Å². The van der Waals surface area contributed by atoms with E-state index in [9.17, 15) is 4.57 Å². The molecule has 0 N–H and O–H groups in total. The molecule has 0 unspecified atom stereocenters. The van der Waals surface area contributed by atoms with E-state index in [-0.39, 0.29) is 29.6 Å². The van der Waals surface area contributed by atoms with E-state index in [0.717, 1.165) is 0 Å². The van der Waals surface area contributed by atoms with Gasteiger partial charge in [0.05, 0.1) is 6.61 Å². The summed E-state index contributed by atoms with van der Waals surface area (Å²) in [7, 11) is -0.626. The molecule has 0 saturated heterocycles. The molecule has 0 aromatic heterocycles. The summed E-state index contributed by atoms with van der Waals surface area (Å²) in [4.78, 5) is 0. The average molecular weight is 177 g/mol. The second-order valence-corrected chi connectivity index (χ2v) is 3.11. The first-order valence-corrected chi connectivity index (χ1v) is 4.00. The monoisotopic (exact) mass is 177 g/mol. The van der Waals surface area contributed by atoms with Crippen molar-refractivity contribution in [2.75, 3.05) is 20.8 Å². The van der Waals surface area contributed by atoms with Gasteiger partial charge in [-0.25, -0.2) is 4.57 Å². The Kier molecular flexibility index (Phi) is 9.30. The van der Waals surface area contributed by atoms with Gasteiger partial charge in [-0.2, -0.15) is 0 Å². The molecule has 10 heavy (non-hydrogen) atoms. The smallest absolute Gasteiger partial charge is 0.290 e. The first-order chi connectivity index (χ1) is 4.18. The Labute approximate surface area is 83.1 Å². The van der Waals surface area contributed by atoms with Crippen LogP contribution in [-0.4, -0.2) is 50.4 Å². The quantitative estimate of drug-likeness (QED) is 0.475. The summed E-state index contributed by atoms with van der Waals surface area (Å²) in [5.41, 5.74) is 0. The van der Waals surface area contributed by atoms with E-state index >= 15 is 0 Å². The maximum absolute atomic E-state index is 10.9. The average Bonchev–Trinajstić information content (AvgIpc) is 1.89. The Hall–Kier alpha value is 1.11. The molecule has 0 atom stereocenters. The zero-order valence-electron chi connectivity index (χ0n) is 6.79. The van der Waals surface area contributed by atoms with Gasteiger partial charge in [0.15, 0.2) is 0 Å². The van der Waals surface area contributed by atoms with E-state index in [1.807, 2.05) is 0 Å². The summed E-state index contributed by atoms with van der Waals surface area (Å²) in [6, 6.07) is 0. The first kappa shape index (κ1) is 13.7. The molecule has 4 nitrogen and oxygen atoms in total. The van der Waals surface area contributed by atoms with Crippen LogP contribution in [0.3, 0.4) is 0 Å². The zero-order valence-corrected chi connectivity index (χ0v) is 9.68. The predicted molar refractivity (Wildman–Crippen MR) is 39.0 cm³/mol. The topological polar surface area (TPSA) is 44.8 Å². The minimum atomic E-state index is -3.18. The Bertz CT molecular complexity index is 110. The summed E-state index contributed by atoms with van der Waals surface area (Å²) in [6.07, 6.45) is 0. The molecule has 0 fully saturated rings. The predicted octanol–water partition coefficient (Wildman–Crippen LogP) is 1.04. The maximum atomic E-state index is 10.9. The molecule has 0 aromatic carbocycles. The van der Waals surface area contributed by atoms with Gasteiger partial charge >= 0.3 is 7.82 Å². The van der Waals surface area contributed by atoms with Gasteiger partial charge in [-0.1, -0.05) is 0 Å². The minimum absolute atomic E-state index is 0. The van der Waals surface area contributed by atoms with Crippen molar-refractivity contribution in [3.8, 4) is 0 Å². The minimum Gasteiger partial charge on any atom is -0.290 e. The van der Waals surface area contributed by atoms with Crippen molar-refractivity contribution in [3.63, 3.8) is 0 Å². The third-order valence-electron chi connectivity index (χ3n) is 0.734. The van der Waals surface area contributed by atoms with Crippen LogP contribution in [0, 0.1) is 0 Å². The standard InChI is InChI=1S/C4H11O4P.Na/c1-4-8-9(5,6-2)7-3;/h4H2,1-3H3;. The van der Waals surface area contributed by atoms with Crippen LogP contribution in [0.4, 0.5) is 0 Å². The fraction of sp³-hybridized carbons (Fsp3) is 1.00. The van der Waals surface area contributed by atoms with Crippen molar-refractivity contribution in [3.05, 3.63) is 0 Å². The Morgan fingerprint density at radius 3 is 1.80 bits per heavy atom. The van der Waals surface area contributed by atoms with E-state index in [4.69, 9.17) is 0 Å².